The molecule has 1 aromatic heterocycles. The van der Waals surface area contributed by atoms with Crippen LogP contribution in [0.15, 0.2) is 35.5 Å². The quantitative estimate of drug-likeness (QED) is 0.759. The van der Waals surface area contributed by atoms with E-state index in [2.05, 4.69) is 9.98 Å². The van der Waals surface area contributed by atoms with Crippen molar-refractivity contribution in [1.82, 2.24) is 4.98 Å². The van der Waals surface area contributed by atoms with Crippen molar-refractivity contribution in [1.29, 1.82) is 0 Å². The van der Waals surface area contributed by atoms with Gasteiger partial charge >= 0.3 is 0 Å². The minimum absolute atomic E-state index is 0.392. The highest BCUT2D eigenvalue weighted by atomic mass is 19.1. The van der Waals surface area contributed by atoms with Gasteiger partial charge in [0.1, 0.15) is 5.75 Å². The minimum Gasteiger partial charge on any atom is -0.496 e. The first-order valence-electron chi connectivity index (χ1n) is 5.61. The van der Waals surface area contributed by atoms with Crippen LogP contribution in [0.2, 0.25) is 0 Å². The molecule has 1 aliphatic heterocycles. The Morgan fingerprint density at radius 2 is 2.17 bits per heavy atom. The molecule has 3 rings (SSSR count). The number of pyridine rings is 1. The zero-order chi connectivity index (χ0) is 12.5. The highest BCUT2D eigenvalue weighted by Crippen LogP contribution is 2.32. The van der Waals surface area contributed by atoms with Gasteiger partial charge in [-0.1, -0.05) is 12.1 Å². The summed E-state index contributed by atoms with van der Waals surface area (Å²) in [4.78, 5) is 7.86. The molecule has 1 aliphatic rings. The maximum Gasteiger partial charge on any atom is 0.224 e. The summed E-state index contributed by atoms with van der Waals surface area (Å²) in [5, 5.41) is 0. The summed E-state index contributed by atoms with van der Waals surface area (Å²) in [5.41, 5.74) is 3.33. The van der Waals surface area contributed by atoms with Gasteiger partial charge in [-0.15, -0.1) is 0 Å². The highest BCUT2D eigenvalue weighted by molar-refractivity contribution is 5.87. The lowest BCUT2D eigenvalue weighted by Crippen LogP contribution is -1.95. The van der Waals surface area contributed by atoms with Crippen molar-refractivity contribution in [2.45, 2.75) is 6.54 Å². The Morgan fingerprint density at radius 1 is 1.28 bits per heavy atom. The van der Waals surface area contributed by atoms with Crippen LogP contribution in [0.4, 0.5) is 4.39 Å². The van der Waals surface area contributed by atoms with Gasteiger partial charge in [-0.05, 0) is 28.8 Å². The zero-order valence-corrected chi connectivity index (χ0v) is 9.85. The average Bonchev–Trinajstić information content (AvgIpc) is 2.85. The molecular weight excluding hydrogens is 231 g/mol. The molecule has 0 radical (unpaired) electrons. The van der Waals surface area contributed by atoms with Crippen LogP contribution < -0.4 is 4.74 Å². The first-order chi connectivity index (χ1) is 8.79. The molecule has 4 heteroatoms. The molecule has 0 saturated heterocycles. The number of fused-ring (bicyclic) bond motifs is 1. The van der Waals surface area contributed by atoms with Crippen molar-refractivity contribution < 1.29 is 9.13 Å². The van der Waals surface area contributed by atoms with E-state index < -0.39 is 5.95 Å². The fourth-order valence-electron chi connectivity index (χ4n) is 2.11. The third-order valence-electron chi connectivity index (χ3n) is 3.01. The average molecular weight is 242 g/mol. The van der Waals surface area contributed by atoms with Crippen LogP contribution in [0, 0.1) is 5.95 Å². The number of benzene rings is 1. The predicted octanol–water partition coefficient (Wildman–Crippen LogP) is 2.83. The van der Waals surface area contributed by atoms with Crippen molar-refractivity contribution in [3.8, 4) is 16.9 Å². The van der Waals surface area contributed by atoms with Crippen LogP contribution in [0.25, 0.3) is 11.1 Å². The molecule has 2 heterocycles. The van der Waals surface area contributed by atoms with Crippen LogP contribution in [-0.2, 0) is 6.54 Å². The third kappa shape index (κ3) is 1.66. The van der Waals surface area contributed by atoms with Gasteiger partial charge in [0.15, 0.2) is 0 Å². The number of halogens is 1. The van der Waals surface area contributed by atoms with E-state index in [9.17, 15) is 4.39 Å². The Labute approximate surface area is 104 Å². The summed E-state index contributed by atoms with van der Waals surface area (Å²) in [6.45, 7) is 0.697. The number of rotatable bonds is 2. The second-order valence-electron chi connectivity index (χ2n) is 4.06. The van der Waals surface area contributed by atoms with Crippen LogP contribution in [0.3, 0.4) is 0 Å². The normalized spacial score (nSPS) is 12.6. The maximum absolute atomic E-state index is 13.8. The lowest BCUT2D eigenvalue weighted by Gasteiger charge is -2.09. The van der Waals surface area contributed by atoms with E-state index in [1.54, 1.807) is 12.3 Å². The fourth-order valence-corrected chi connectivity index (χ4v) is 2.11. The van der Waals surface area contributed by atoms with E-state index in [1.807, 2.05) is 18.2 Å². The molecule has 0 aliphatic carbocycles. The molecule has 0 fully saturated rings. The van der Waals surface area contributed by atoms with E-state index in [0.717, 1.165) is 16.7 Å². The van der Waals surface area contributed by atoms with Crippen LogP contribution in [-0.4, -0.2) is 18.3 Å². The fraction of sp³-hybridized carbons (Fsp3) is 0.143. The molecule has 1 aromatic carbocycles. The minimum atomic E-state index is -0.524. The van der Waals surface area contributed by atoms with Crippen LogP contribution >= 0.6 is 0 Å². The smallest absolute Gasteiger partial charge is 0.224 e. The predicted molar refractivity (Wildman–Crippen MR) is 67.5 cm³/mol. The largest absolute Gasteiger partial charge is 0.496 e. The van der Waals surface area contributed by atoms with Crippen molar-refractivity contribution in [2.75, 3.05) is 7.11 Å². The summed E-state index contributed by atoms with van der Waals surface area (Å²) in [5.74, 6) is -0.0402. The summed E-state index contributed by atoms with van der Waals surface area (Å²) in [6, 6.07) is 7.40. The van der Waals surface area contributed by atoms with Gasteiger partial charge in [-0.25, -0.2) is 4.98 Å². The van der Waals surface area contributed by atoms with Gasteiger partial charge in [0.25, 0.3) is 0 Å². The second kappa shape index (κ2) is 4.22. The van der Waals surface area contributed by atoms with E-state index in [4.69, 9.17) is 4.74 Å². The maximum atomic E-state index is 13.8. The van der Waals surface area contributed by atoms with E-state index in [0.29, 0.717) is 17.9 Å². The molecule has 0 saturated carbocycles. The number of ether oxygens (including phenoxy) is 1. The molecule has 2 aromatic rings. The first-order valence-corrected chi connectivity index (χ1v) is 5.61. The van der Waals surface area contributed by atoms with E-state index >= 15 is 0 Å². The summed E-state index contributed by atoms with van der Waals surface area (Å²) >= 11 is 0. The number of aromatic nitrogens is 1. The summed E-state index contributed by atoms with van der Waals surface area (Å²) in [7, 11) is 1.52. The first kappa shape index (κ1) is 10.9. The number of hydrogen-bond acceptors (Lipinski definition) is 3. The zero-order valence-electron chi connectivity index (χ0n) is 9.85. The van der Waals surface area contributed by atoms with E-state index in [1.165, 1.54) is 13.3 Å². The molecule has 3 nitrogen and oxygen atoms in total. The van der Waals surface area contributed by atoms with E-state index in [-0.39, 0.29) is 0 Å². The van der Waals surface area contributed by atoms with Gasteiger partial charge < -0.3 is 4.74 Å². The number of nitrogens with zero attached hydrogens (tertiary/aromatic N) is 2. The lowest BCUT2D eigenvalue weighted by molar-refractivity contribution is 0.411. The molecule has 90 valence electrons. The Kier molecular flexibility index (Phi) is 2.55. The number of methoxy groups -OCH3 is 1. The molecule has 0 atom stereocenters. The van der Waals surface area contributed by atoms with Crippen LogP contribution in [0.5, 0.6) is 5.75 Å². The van der Waals surface area contributed by atoms with Gasteiger partial charge in [0.2, 0.25) is 5.95 Å². The molecular formula is C14H11FN2O. The number of aliphatic imine (C=N–C) groups is 1. The van der Waals surface area contributed by atoms with Crippen LogP contribution in [0.1, 0.15) is 11.1 Å². The SMILES string of the molecule is COc1ccnc(F)c1-c1ccc2c(c1)C=NC2. The number of hydrogen-bond donors (Lipinski definition) is 0. The monoisotopic (exact) mass is 242 g/mol. The third-order valence-corrected chi connectivity index (χ3v) is 3.01. The Hall–Kier alpha value is -2.23. The molecule has 0 spiro atoms. The Balaban J connectivity index is 2.18. The molecule has 0 amide bonds. The molecule has 0 bridgehead atoms. The summed E-state index contributed by atoms with van der Waals surface area (Å²) < 4.78 is 19.0. The van der Waals surface area contributed by atoms with Crippen molar-refractivity contribution in [3.63, 3.8) is 0 Å². The molecule has 0 unspecified atom stereocenters. The van der Waals surface area contributed by atoms with Gasteiger partial charge in [0, 0.05) is 12.4 Å². The van der Waals surface area contributed by atoms with Gasteiger partial charge in [0.05, 0.1) is 19.2 Å². The highest BCUT2D eigenvalue weighted by Gasteiger charge is 2.15. The van der Waals surface area contributed by atoms with Gasteiger partial charge in [-0.2, -0.15) is 4.39 Å². The standard InChI is InChI=1S/C14H11FN2O/c1-18-12-4-5-17-14(15)13(12)9-2-3-10-7-16-8-11(10)6-9/h2-6,8H,7H2,1H3. The lowest BCUT2D eigenvalue weighted by atomic mass is 10.0. The van der Waals surface area contributed by atoms with Crippen molar-refractivity contribution in [3.05, 3.63) is 47.5 Å². The Bertz CT molecular complexity index is 638. The second-order valence-corrected chi connectivity index (χ2v) is 4.06. The van der Waals surface area contributed by atoms with Gasteiger partial charge in [-0.3, -0.25) is 4.99 Å². The summed E-state index contributed by atoms with van der Waals surface area (Å²) in [6.07, 6.45) is 3.20. The Morgan fingerprint density at radius 3 is 3.00 bits per heavy atom. The van der Waals surface area contributed by atoms with Crippen molar-refractivity contribution in [2.24, 2.45) is 4.99 Å². The molecule has 18 heavy (non-hydrogen) atoms. The molecule has 0 N–H and O–H groups in total. The topological polar surface area (TPSA) is 34.5 Å². The van der Waals surface area contributed by atoms with Crippen molar-refractivity contribution >= 4 is 6.21 Å².